The predicted molar refractivity (Wildman–Crippen MR) is 139 cm³/mol. The molecule has 4 aromatic rings. The van der Waals surface area contributed by atoms with Gasteiger partial charge in [-0.25, -0.2) is 8.42 Å². The second-order valence-electron chi connectivity index (χ2n) is 8.10. The predicted octanol–water partition coefficient (Wildman–Crippen LogP) is 5.43. The number of benzene rings is 4. The molecule has 0 heterocycles. The molecule has 0 aliphatic heterocycles. The third-order valence-electron chi connectivity index (χ3n) is 5.59. The Labute approximate surface area is 205 Å². The SMILES string of the molecule is CS(=O)(=O)N(Cc1ccc(C(=O)NCCc2ccc(Cl)cc2)cc1)c1cccc2ccccc12. The third-order valence-corrected chi connectivity index (χ3v) is 6.97. The number of carbonyl (C=O) groups is 1. The molecular formula is C27H25ClN2O3S. The standard InChI is InChI=1S/C27H25ClN2O3S/c1-34(32,33)30(26-8-4-6-22-5-2-3-7-25(22)26)19-21-9-13-23(14-10-21)27(31)29-18-17-20-11-15-24(28)16-12-20/h2-16H,17-19H2,1H3,(H,29,31). The molecule has 1 amide bonds. The number of hydrogen-bond acceptors (Lipinski definition) is 3. The van der Waals surface area contributed by atoms with Gasteiger partial charge in [-0.3, -0.25) is 9.10 Å². The summed E-state index contributed by atoms with van der Waals surface area (Å²) in [7, 11) is -3.53. The summed E-state index contributed by atoms with van der Waals surface area (Å²) in [5, 5.41) is 5.44. The number of sulfonamides is 1. The Morgan fingerprint density at radius 2 is 1.50 bits per heavy atom. The van der Waals surface area contributed by atoms with E-state index in [9.17, 15) is 13.2 Å². The van der Waals surface area contributed by atoms with Crippen LogP contribution < -0.4 is 9.62 Å². The zero-order valence-electron chi connectivity index (χ0n) is 18.7. The molecule has 0 bridgehead atoms. The van der Waals surface area contributed by atoms with Crippen LogP contribution in [0.3, 0.4) is 0 Å². The lowest BCUT2D eigenvalue weighted by Gasteiger charge is -2.24. The van der Waals surface area contributed by atoms with Crippen LogP contribution in [-0.2, 0) is 23.0 Å². The van der Waals surface area contributed by atoms with E-state index in [4.69, 9.17) is 11.6 Å². The molecule has 174 valence electrons. The Balaban J connectivity index is 1.45. The Kier molecular flexibility index (Phi) is 7.20. The summed E-state index contributed by atoms with van der Waals surface area (Å²) in [6.45, 7) is 0.677. The van der Waals surface area contributed by atoms with Crippen molar-refractivity contribution in [2.24, 2.45) is 0 Å². The molecule has 0 aliphatic carbocycles. The molecule has 0 aromatic heterocycles. The van der Waals surface area contributed by atoms with Gasteiger partial charge in [0.2, 0.25) is 10.0 Å². The molecule has 0 fully saturated rings. The van der Waals surface area contributed by atoms with Crippen molar-refractivity contribution >= 4 is 44.0 Å². The van der Waals surface area contributed by atoms with E-state index in [-0.39, 0.29) is 12.5 Å². The van der Waals surface area contributed by atoms with Gasteiger partial charge < -0.3 is 5.32 Å². The fraction of sp³-hybridized carbons (Fsp3) is 0.148. The lowest BCUT2D eigenvalue weighted by molar-refractivity contribution is 0.0954. The average molecular weight is 493 g/mol. The maximum Gasteiger partial charge on any atom is 0.251 e. The summed E-state index contributed by atoms with van der Waals surface area (Å²) >= 11 is 5.90. The molecule has 0 saturated heterocycles. The normalized spacial score (nSPS) is 11.4. The van der Waals surface area contributed by atoms with Gasteiger partial charge in [0.15, 0.2) is 0 Å². The molecule has 4 aromatic carbocycles. The first-order chi connectivity index (χ1) is 16.3. The van der Waals surface area contributed by atoms with Gasteiger partial charge in [0.1, 0.15) is 0 Å². The van der Waals surface area contributed by atoms with Crippen LogP contribution in [0.2, 0.25) is 5.02 Å². The van der Waals surface area contributed by atoms with Crippen LogP contribution in [0, 0.1) is 0 Å². The van der Waals surface area contributed by atoms with Gasteiger partial charge in [0, 0.05) is 22.5 Å². The highest BCUT2D eigenvalue weighted by molar-refractivity contribution is 7.92. The van der Waals surface area contributed by atoms with E-state index in [1.807, 2.05) is 66.7 Å². The summed E-state index contributed by atoms with van der Waals surface area (Å²) < 4.78 is 26.7. The van der Waals surface area contributed by atoms with Crippen molar-refractivity contribution in [2.75, 3.05) is 17.1 Å². The zero-order valence-corrected chi connectivity index (χ0v) is 20.3. The molecule has 0 radical (unpaired) electrons. The van der Waals surface area contributed by atoms with Crippen molar-refractivity contribution in [3.8, 4) is 0 Å². The summed E-state index contributed by atoms with van der Waals surface area (Å²) in [5.41, 5.74) is 3.03. The smallest absolute Gasteiger partial charge is 0.251 e. The number of carbonyl (C=O) groups excluding carboxylic acids is 1. The lowest BCUT2D eigenvalue weighted by Crippen LogP contribution is -2.29. The van der Waals surface area contributed by atoms with Gasteiger partial charge in [0.05, 0.1) is 18.5 Å². The molecule has 0 aliphatic rings. The molecule has 1 N–H and O–H groups in total. The minimum Gasteiger partial charge on any atom is -0.352 e. The van der Waals surface area contributed by atoms with Crippen molar-refractivity contribution in [1.82, 2.24) is 5.32 Å². The van der Waals surface area contributed by atoms with Crippen LogP contribution in [-0.4, -0.2) is 27.1 Å². The van der Waals surface area contributed by atoms with Crippen LogP contribution in [0.1, 0.15) is 21.5 Å². The summed E-state index contributed by atoms with van der Waals surface area (Å²) in [6.07, 6.45) is 1.91. The van der Waals surface area contributed by atoms with Crippen molar-refractivity contribution < 1.29 is 13.2 Å². The first-order valence-corrected chi connectivity index (χ1v) is 13.1. The fourth-order valence-corrected chi connectivity index (χ4v) is 4.83. The van der Waals surface area contributed by atoms with Crippen molar-refractivity contribution in [2.45, 2.75) is 13.0 Å². The molecule has 0 spiro atoms. The van der Waals surface area contributed by atoms with Gasteiger partial charge in [-0.15, -0.1) is 0 Å². The second kappa shape index (κ2) is 10.3. The number of nitrogens with one attached hydrogen (secondary N) is 1. The summed E-state index contributed by atoms with van der Waals surface area (Å²) in [4.78, 5) is 12.5. The second-order valence-corrected chi connectivity index (χ2v) is 10.4. The van der Waals surface area contributed by atoms with Gasteiger partial charge in [-0.2, -0.15) is 0 Å². The van der Waals surface area contributed by atoms with E-state index in [0.717, 1.165) is 21.9 Å². The Bertz CT molecular complexity index is 1400. The van der Waals surface area contributed by atoms with Crippen molar-refractivity contribution in [1.29, 1.82) is 0 Å². The number of nitrogens with zero attached hydrogens (tertiary/aromatic N) is 1. The molecule has 5 nitrogen and oxygen atoms in total. The minimum atomic E-state index is -3.53. The molecule has 34 heavy (non-hydrogen) atoms. The van der Waals surface area contributed by atoms with Gasteiger partial charge in [-0.05, 0) is 53.3 Å². The van der Waals surface area contributed by atoms with Crippen molar-refractivity contribution in [3.63, 3.8) is 0 Å². The zero-order chi connectivity index (χ0) is 24.1. The highest BCUT2D eigenvalue weighted by Gasteiger charge is 2.20. The van der Waals surface area contributed by atoms with E-state index in [1.54, 1.807) is 24.3 Å². The maximum absolute atomic E-state index is 12.7. The molecule has 7 heteroatoms. The Morgan fingerprint density at radius 1 is 0.853 bits per heavy atom. The van der Waals surface area contributed by atoms with Crippen LogP contribution in [0.25, 0.3) is 10.8 Å². The summed E-state index contributed by atoms with van der Waals surface area (Å²) in [6, 6.07) is 27.9. The molecule has 0 saturated carbocycles. The summed E-state index contributed by atoms with van der Waals surface area (Å²) in [5.74, 6) is -0.172. The van der Waals surface area contributed by atoms with Crippen LogP contribution in [0.4, 0.5) is 5.69 Å². The first kappa shape index (κ1) is 23.8. The topological polar surface area (TPSA) is 66.5 Å². The minimum absolute atomic E-state index is 0.172. The number of rotatable bonds is 8. The van der Waals surface area contributed by atoms with Crippen LogP contribution in [0.5, 0.6) is 0 Å². The van der Waals surface area contributed by atoms with Gasteiger partial charge in [0.25, 0.3) is 5.91 Å². The highest BCUT2D eigenvalue weighted by atomic mass is 35.5. The number of halogens is 1. The van der Waals surface area contributed by atoms with E-state index >= 15 is 0 Å². The van der Waals surface area contributed by atoms with E-state index in [0.29, 0.717) is 29.2 Å². The maximum atomic E-state index is 12.7. The highest BCUT2D eigenvalue weighted by Crippen LogP contribution is 2.29. The van der Waals surface area contributed by atoms with Crippen LogP contribution in [0.15, 0.2) is 91.0 Å². The van der Waals surface area contributed by atoms with E-state index in [2.05, 4.69) is 5.32 Å². The lowest BCUT2D eigenvalue weighted by atomic mass is 10.1. The quantitative estimate of drug-likeness (QED) is 0.356. The molecule has 0 atom stereocenters. The number of fused-ring (bicyclic) bond motifs is 1. The van der Waals surface area contributed by atoms with E-state index in [1.165, 1.54) is 10.6 Å². The van der Waals surface area contributed by atoms with Crippen LogP contribution >= 0.6 is 11.6 Å². The first-order valence-electron chi connectivity index (χ1n) is 10.9. The van der Waals surface area contributed by atoms with Gasteiger partial charge >= 0.3 is 0 Å². The van der Waals surface area contributed by atoms with E-state index < -0.39 is 10.0 Å². The number of hydrogen-bond donors (Lipinski definition) is 1. The fourth-order valence-electron chi connectivity index (χ4n) is 3.81. The largest absolute Gasteiger partial charge is 0.352 e. The molecule has 0 unspecified atom stereocenters. The number of amides is 1. The third kappa shape index (κ3) is 5.76. The Morgan fingerprint density at radius 3 is 2.21 bits per heavy atom. The monoisotopic (exact) mass is 492 g/mol. The molecular weight excluding hydrogens is 468 g/mol. The average Bonchev–Trinajstić information content (AvgIpc) is 2.83. The molecule has 4 rings (SSSR count). The number of anilines is 1. The Hall–Kier alpha value is -3.35. The van der Waals surface area contributed by atoms with Crippen molar-refractivity contribution in [3.05, 3.63) is 113 Å². The van der Waals surface area contributed by atoms with Gasteiger partial charge in [-0.1, -0.05) is 72.3 Å².